The summed E-state index contributed by atoms with van der Waals surface area (Å²) in [5, 5.41) is -0.327. The SMILES string of the molecule is Cc1nc(N(C)CC(C)C)ccc1-c1ccc(C(=O)NS(=O)(=O)c2cccc(N)n2)c(N2CC(C)CC2(C)C)n1. The van der Waals surface area contributed by atoms with Crippen molar-refractivity contribution in [3.05, 3.63) is 53.7 Å². The molecule has 4 rings (SSSR count). The topological polar surface area (TPSA) is 134 Å². The number of pyridine rings is 3. The zero-order chi connectivity index (χ0) is 29.4. The van der Waals surface area contributed by atoms with Crippen LogP contribution in [0, 0.1) is 18.8 Å². The Morgan fingerprint density at radius 1 is 1.15 bits per heavy atom. The molecule has 11 heteroatoms. The first-order chi connectivity index (χ1) is 18.7. The number of hydrogen-bond acceptors (Lipinski definition) is 9. The van der Waals surface area contributed by atoms with Gasteiger partial charge in [-0.2, -0.15) is 8.42 Å². The van der Waals surface area contributed by atoms with E-state index < -0.39 is 15.9 Å². The molecule has 1 atom stereocenters. The molecule has 0 aliphatic carbocycles. The average Bonchev–Trinajstić information content (AvgIpc) is 3.14. The molecule has 0 aromatic carbocycles. The van der Waals surface area contributed by atoms with Crippen molar-refractivity contribution in [2.45, 2.75) is 58.5 Å². The molecule has 214 valence electrons. The van der Waals surface area contributed by atoms with Gasteiger partial charge in [0.05, 0.1) is 11.3 Å². The number of carbonyl (C=O) groups excluding carboxylic acids is 1. The molecule has 3 aromatic rings. The molecule has 1 saturated heterocycles. The lowest BCUT2D eigenvalue weighted by molar-refractivity contribution is 0.0981. The van der Waals surface area contributed by atoms with Crippen molar-refractivity contribution in [2.75, 3.05) is 35.7 Å². The number of nitrogens with zero attached hydrogens (tertiary/aromatic N) is 5. The molecule has 40 heavy (non-hydrogen) atoms. The minimum atomic E-state index is -4.25. The van der Waals surface area contributed by atoms with E-state index in [1.807, 2.05) is 26.1 Å². The molecule has 0 spiro atoms. The number of nitrogen functional groups attached to an aromatic ring is 1. The van der Waals surface area contributed by atoms with E-state index in [-0.39, 0.29) is 21.9 Å². The van der Waals surface area contributed by atoms with Crippen LogP contribution in [0.5, 0.6) is 0 Å². The minimum absolute atomic E-state index is 0.0419. The van der Waals surface area contributed by atoms with Gasteiger partial charge in [0, 0.05) is 36.9 Å². The number of anilines is 3. The van der Waals surface area contributed by atoms with E-state index in [4.69, 9.17) is 15.7 Å². The Morgan fingerprint density at radius 3 is 2.48 bits per heavy atom. The van der Waals surface area contributed by atoms with E-state index in [2.05, 4.69) is 54.1 Å². The number of aromatic nitrogens is 3. The third-order valence-corrected chi connectivity index (χ3v) is 8.31. The van der Waals surface area contributed by atoms with Crippen LogP contribution in [-0.4, -0.2) is 55.0 Å². The molecule has 0 radical (unpaired) electrons. The van der Waals surface area contributed by atoms with Crippen LogP contribution in [0.1, 0.15) is 57.1 Å². The third kappa shape index (κ3) is 6.19. The summed E-state index contributed by atoms with van der Waals surface area (Å²) in [6, 6.07) is 11.6. The summed E-state index contributed by atoms with van der Waals surface area (Å²) in [7, 11) is -2.23. The molecular formula is C29H39N7O3S. The number of amides is 1. The molecule has 1 unspecified atom stereocenters. The third-order valence-electron chi connectivity index (χ3n) is 7.07. The van der Waals surface area contributed by atoms with Crippen molar-refractivity contribution in [1.29, 1.82) is 0 Å². The Kier molecular flexibility index (Phi) is 8.07. The van der Waals surface area contributed by atoms with Gasteiger partial charge in [0.15, 0.2) is 5.03 Å². The minimum Gasteiger partial charge on any atom is -0.384 e. The van der Waals surface area contributed by atoms with Gasteiger partial charge in [-0.1, -0.05) is 26.8 Å². The molecule has 1 aliphatic rings. The monoisotopic (exact) mass is 565 g/mol. The summed E-state index contributed by atoms with van der Waals surface area (Å²) >= 11 is 0. The lowest BCUT2D eigenvalue weighted by Gasteiger charge is -2.34. The molecule has 0 bridgehead atoms. The Morgan fingerprint density at radius 2 is 1.88 bits per heavy atom. The number of nitrogens with two attached hydrogens (primary N) is 1. The number of hydrogen-bond donors (Lipinski definition) is 2. The van der Waals surface area contributed by atoms with Crippen molar-refractivity contribution in [2.24, 2.45) is 11.8 Å². The maximum atomic E-state index is 13.5. The summed E-state index contributed by atoms with van der Waals surface area (Å²) in [6.45, 7) is 14.2. The lowest BCUT2D eigenvalue weighted by Crippen LogP contribution is -2.41. The lowest BCUT2D eigenvalue weighted by atomic mass is 9.97. The molecule has 3 N–H and O–H groups in total. The predicted octanol–water partition coefficient (Wildman–Crippen LogP) is 4.26. The maximum absolute atomic E-state index is 13.5. The first-order valence-electron chi connectivity index (χ1n) is 13.5. The zero-order valence-corrected chi connectivity index (χ0v) is 25.1. The molecule has 1 amide bonds. The van der Waals surface area contributed by atoms with E-state index in [9.17, 15) is 13.2 Å². The number of sulfonamides is 1. The molecule has 10 nitrogen and oxygen atoms in total. The second-order valence-electron chi connectivity index (χ2n) is 11.7. The molecule has 1 fully saturated rings. The standard InChI is InChI=1S/C29H39N7O3S/c1-18(2)16-35(7)25-14-12-21(20(4)31-25)23-13-11-22(27(32-23)36-17-19(3)15-29(36,5)6)28(37)34-40(38,39)26-10-8-9-24(30)33-26/h8-14,18-19H,15-17H2,1-7H3,(H2,30,33)(H,34,37). The van der Waals surface area contributed by atoms with E-state index in [0.29, 0.717) is 29.9 Å². The zero-order valence-electron chi connectivity index (χ0n) is 24.3. The Balaban J connectivity index is 1.75. The summed E-state index contributed by atoms with van der Waals surface area (Å²) in [4.78, 5) is 31.3. The molecule has 1 aliphatic heterocycles. The summed E-state index contributed by atoms with van der Waals surface area (Å²) in [5.74, 6) is 1.44. The van der Waals surface area contributed by atoms with Crippen LogP contribution in [0.2, 0.25) is 0 Å². The molecular weight excluding hydrogens is 526 g/mol. The van der Waals surface area contributed by atoms with Crippen LogP contribution in [0.4, 0.5) is 17.5 Å². The highest BCUT2D eigenvalue weighted by Gasteiger charge is 2.39. The van der Waals surface area contributed by atoms with Crippen molar-refractivity contribution < 1.29 is 13.2 Å². The molecule has 4 heterocycles. The quantitative estimate of drug-likeness (QED) is 0.411. The van der Waals surface area contributed by atoms with Crippen molar-refractivity contribution >= 4 is 33.4 Å². The van der Waals surface area contributed by atoms with Gasteiger partial charge in [-0.3, -0.25) is 4.79 Å². The van der Waals surface area contributed by atoms with Gasteiger partial charge in [-0.15, -0.1) is 0 Å². The highest BCUT2D eigenvalue weighted by atomic mass is 32.2. The summed E-state index contributed by atoms with van der Waals surface area (Å²) in [6.07, 6.45) is 0.906. The second kappa shape index (κ2) is 11.0. The predicted molar refractivity (Wildman–Crippen MR) is 159 cm³/mol. The normalized spacial score (nSPS) is 16.8. The largest absolute Gasteiger partial charge is 0.384 e. The van der Waals surface area contributed by atoms with E-state index in [1.165, 1.54) is 18.2 Å². The Bertz CT molecular complexity index is 1520. The smallest absolute Gasteiger partial charge is 0.281 e. The van der Waals surface area contributed by atoms with Gasteiger partial charge in [-0.05, 0) is 75.4 Å². The second-order valence-corrected chi connectivity index (χ2v) is 13.3. The number of aryl methyl sites for hydroxylation is 1. The van der Waals surface area contributed by atoms with Gasteiger partial charge >= 0.3 is 0 Å². The number of carbonyl (C=O) groups is 1. The van der Waals surface area contributed by atoms with Crippen molar-refractivity contribution in [1.82, 2.24) is 19.7 Å². The van der Waals surface area contributed by atoms with Crippen LogP contribution in [0.25, 0.3) is 11.3 Å². The van der Waals surface area contributed by atoms with Gasteiger partial charge in [0.1, 0.15) is 17.5 Å². The first-order valence-corrected chi connectivity index (χ1v) is 14.9. The summed E-state index contributed by atoms with van der Waals surface area (Å²) < 4.78 is 28.1. The summed E-state index contributed by atoms with van der Waals surface area (Å²) in [5.41, 5.74) is 7.86. The van der Waals surface area contributed by atoms with Gasteiger partial charge in [0.2, 0.25) is 0 Å². The van der Waals surface area contributed by atoms with E-state index in [1.54, 1.807) is 12.1 Å². The van der Waals surface area contributed by atoms with E-state index >= 15 is 0 Å². The van der Waals surface area contributed by atoms with Crippen LogP contribution in [0.3, 0.4) is 0 Å². The maximum Gasteiger partial charge on any atom is 0.281 e. The van der Waals surface area contributed by atoms with Crippen LogP contribution in [0.15, 0.2) is 47.5 Å². The van der Waals surface area contributed by atoms with Gasteiger partial charge in [0.25, 0.3) is 15.9 Å². The fraction of sp³-hybridized carbons (Fsp3) is 0.448. The molecule has 3 aromatic heterocycles. The van der Waals surface area contributed by atoms with E-state index in [0.717, 1.165) is 30.0 Å². The fourth-order valence-corrected chi connectivity index (χ4v) is 6.36. The Labute approximate surface area is 237 Å². The Hall–Kier alpha value is -3.73. The average molecular weight is 566 g/mol. The highest BCUT2D eigenvalue weighted by Crippen LogP contribution is 2.38. The number of nitrogens with one attached hydrogen (secondary N) is 1. The van der Waals surface area contributed by atoms with Crippen molar-refractivity contribution in [3.63, 3.8) is 0 Å². The number of rotatable bonds is 8. The molecule has 0 saturated carbocycles. The van der Waals surface area contributed by atoms with Gasteiger partial charge in [-0.25, -0.2) is 19.7 Å². The van der Waals surface area contributed by atoms with Crippen LogP contribution >= 0.6 is 0 Å². The first kappa shape index (κ1) is 29.3. The highest BCUT2D eigenvalue weighted by molar-refractivity contribution is 7.90. The van der Waals surface area contributed by atoms with Crippen LogP contribution in [-0.2, 0) is 10.0 Å². The van der Waals surface area contributed by atoms with Crippen LogP contribution < -0.4 is 20.3 Å². The van der Waals surface area contributed by atoms with Crippen molar-refractivity contribution in [3.8, 4) is 11.3 Å². The van der Waals surface area contributed by atoms with Gasteiger partial charge < -0.3 is 15.5 Å². The fourth-order valence-electron chi connectivity index (χ4n) is 5.42.